The molecule has 0 saturated heterocycles. The number of ether oxygens (including phenoxy) is 3. The summed E-state index contributed by atoms with van der Waals surface area (Å²) in [5, 5.41) is 2.51. The van der Waals surface area contributed by atoms with E-state index in [4.69, 9.17) is 14.2 Å². The average molecular weight is 384 g/mol. The Labute approximate surface area is 151 Å². The minimum Gasteiger partial charge on any atom is -0.493 e. The van der Waals surface area contributed by atoms with Crippen LogP contribution in [-0.4, -0.2) is 58.0 Å². The topological polar surface area (TPSA) is 111 Å². The first-order valence-electron chi connectivity index (χ1n) is 7.71. The number of esters is 1. The van der Waals surface area contributed by atoms with Crippen molar-refractivity contribution in [2.24, 2.45) is 0 Å². The summed E-state index contributed by atoms with van der Waals surface area (Å²) in [6.07, 6.45) is 0.00880. The van der Waals surface area contributed by atoms with Crippen molar-refractivity contribution in [2.45, 2.75) is 17.9 Å². The number of nitrogens with zero attached hydrogens (tertiary/aromatic N) is 1. The van der Waals surface area contributed by atoms with Gasteiger partial charge in [-0.3, -0.25) is 4.79 Å². The first kappa shape index (κ1) is 19.7. The monoisotopic (exact) mass is 384 g/mol. The highest BCUT2D eigenvalue weighted by atomic mass is 32.2. The number of anilines is 1. The third kappa shape index (κ3) is 4.73. The molecule has 1 aliphatic rings. The zero-order valence-electron chi connectivity index (χ0n) is 14.6. The zero-order chi connectivity index (χ0) is 19.3. The number of benzene rings is 1. The molecule has 0 radical (unpaired) electrons. The predicted octanol–water partition coefficient (Wildman–Crippen LogP) is 0.695. The van der Waals surface area contributed by atoms with E-state index in [1.165, 1.54) is 45.3 Å². The molecule has 1 aromatic carbocycles. The molecule has 0 bridgehead atoms. The highest BCUT2D eigenvalue weighted by Crippen LogP contribution is 2.18. The minimum absolute atomic E-state index is 0.0304. The van der Waals surface area contributed by atoms with Gasteiger partial charge in [0.1, 0.15) is 19.5 Å². The van der Waals surface area contributed by atoms with Crippen LogP contribution in [0.15, 0.2) is 41.2 Å². The Morgan fingerprint density at radius 3 is 2.62 bits per heavy atom. The van der Waals surface area contributed by atoms with E-state index >= 15 is 0 Å². The number of amides is 1. The Hall–Kier alpha value is -2.59. The molecule has 1 aromatic rings. The van der Waals surface area contributed by atoms with Gasteiger partial charge in [0.05, 0.1) is 4.90 Å². The SMILES string of the molecule is C[C@@H](OC(=O)C1=COCCO1)C(=O)Nc1cccc(S(=O)(=O)N(C)C)c1. The van der Waals surface area contributed by atoms with Crippen molar-refractivity contribution < 1.29 is 32.2 Å². The van der Waals surface area contributed by atoms with E-state index in [1.54, 1.807) is 0 Å². The Morgan fingerprint density at radius 2 is 2.00 bits per heavy atom. The number of nitrogens with one attached hydrogen (secondary N) is 1. The average Bonchev–Trinajstić information content (AvgIpc) is 2.62. The summed E-state index contributed by atoms with van der Waals surface area (Å²) in [7, 11) is -0.809. The molecule has 1 heterocycles. The third-order valence-electron chi connectivity index (χ3n) is 3.38. The van der Waals surface area contributed by atoms with Crippen LogP contribution in [0.5, 0.6) is 0 Å². The molecule has 0 saturated carbocycles. The first-order valence-corrected chi connectivity index (χ1v) is 9.15. The largest absolute Gasteiger partial charge is 0.493 e. The number of carbonyl (C=O) groups is 2. The molecule has 0 unspecified atom stereocenters. The molecule has 0 aromatic heterocycles. The molecule has 9 nitrogen and oxygen atoms in total. The van der Waals surface area contributed by atoms with Crippen molar-refractivity contribution in [3.8, 4) is 0 Å². The molecule has 10 heteroatoms. The van der Waals surface area contributed by atoms with Crippen molar-refractivity contribution >= 4 is 27.6 Å². The van der Waals surface area contributed by atoms with Crippen LogP contribution >= 0.6 is 0 Å². The number of hydrogen-bond donors (Lipinski definition) is 1. The highest BCUT2D eigenvalue weighted by molar-refractivity contribution is 7.89. The van der Waals surface area contributed by atoms with Gasteiger partial charge in [-0.25, -0.2) is 17.5 Å². The zero-order valence-corrected chi connectivity index (χ0v) is 15.4. The fourth-order valence-electron chi connectivity index (χ4n) is 1.94. The molecule has 0 aliphatic carbocycles. The maximum atomic E-state index is 12.2. The van der Waals surface area contributed by atoms with E-state index in [0.717, 1.165) is 10.6 Å². The fourth-order valence-corrected chi connectivity index (χ4v) is 2.88. The van der Waals surface area contributed by atoms with E-state index in [1.807, 2.05) is 0 Å². The van der Waals surface area contributed by atoms with Crippen molar-refractivity contribution in [3.63, 3.8) is 0 Å². The van der Waals surface area contributed by atoms with Gasteiger partial charge in [0.15, 0.2) is 6.10 Å². The third-order valence-corrected chi connectivity index (χ3v) is 5.19. The lowest BCUT2D eigenvalue weighted by Crippen LogP contribution is -2.31. The van der Waals surface area contributed by atoms with Gasteiger partial charge in [-0.1, -0.05) is 6.07 Å². The van der Waals surface area contributed by atoms with Crippen LogP contribution in [0.25, 0.3) is 0 Å². The van der Waals surface area contributed by atoms with Crippen molar-refractivity contribution in [1.29, 1.82) is 0 Å². The van der Waals surface area contributed by atoms with E-state index < -0.39 is 28.0 Å². The molecule has 1 N–H and O–H groups in total. The maximum absolute atomic E-state index is 12.2. The Bertz CT molecular complexity index is 818. The molecule has 0 fully saturated rings. The lowest BCUT2D eigenvalue weighted by atomic mass is 10.3. The van der Waals surface area contributed by atoms with Crippen LogP contribution in [0.3, 0.4) is 0 Å². The van der Waals surface area contributed by atoms with Gasteiger partial charge in [-0.05, 0) is 25.1 Å². The van der Waals surface area contributed by atoms with Crippen LogP contribution in [0.4, 0.5) is 5.69 Å². The Kier molecular flexibility index (Phi) is 6.22. The number of carbonyl (C=O) groups excluding carboxylic acids is 2. The summed E-state index contributed by atoms with van der Waals surface area (Å²) < 4.78 is 40.4. The lowest BCUT2D eigenvalue weighted by Gasteiger charge is -2.17. The molecule has 1 atom stereocenters. The molecular weight excluding hydrogens is 364 g/mol. The Morgan fingerprint density at radius 1 is 1.27 bits per heavy atom. The first-order chi connectivity index (χ1) is 12.2. The van der Waals surface area contributed by atoms with E-state index in [9.17, 15) is 18.0 Å². The summed E-state index contributed by atoms with van der Waals surface area (Å²) >= 11 is 0. The predicted molar refractivity (Wildman–Crippen MR) is 91.5 cm³/mol. The molecule has 142 valence electrons. The molecule has 26 heavy (non-hydrogen) atoms. The van der Waals surface area contributed by atoms with Crippen LogP contribution in [0.1, 0.15) is 6.92 Å². The van der Waals surface area contributed by atoms with Gasteiger partial charge in [-0.2, -0.15) is 0 Å². The van der Waals surface area contributed by atoms with Crippen LogP contribution in [-0.2, 0) is 33.8 Å². The normalized spacial score (nSPS) is 15.3. The van der Waals surface area contributed by atoms with E-state index in [-0.39, 0.29) is 22.9 Å². The second-order valence-electron chi connectivity index (χ2n) is 5.55. The van der Waals surface area contributed by atoms with Crippen molar-refractivity contribution in [3.05, 3.63) is 36.3 Å². The van der Waals surface area contributed by atoms with E-state index in [2.05, 4.69) is 5.32 Å². The van der Waals surface area contributed by atoms with Crippen LogP contribution < -0.4 is 5.32 Å². The molecule has 0 spiro atoms. The van der Waals surface area contributed by atoms with Crippen molar-refractivity contribution in [2.75, 3.05) is 32.6 Å². The Balaban J connectivity index is 2.03. The lowest BCUT2D eigenvalue weighted by molar-refractivity contribution is -0.153. The summed E-state index contributed by atoms with van der Waals surface area (Å²) in [6, 6.07) is 5.77. The maximum Gasteiger partial charge on any atom is 0.377 e. The van der Waals surface area contributed by atoms with Crippen LogP contribution in [0, 0.1) is 0 Å². The molecule has 2 rings (SSSR count). The van der Waals surface area contributed by atoms with Gasteiger partial charge in [0.2, 0.25) is 15.8 Å². The van der Waals surface area contributed by atoms with Gasteiger partial charge in [0, 0.05) is 19.8 Å². The molecule has 1 amide bonds. The van der Waals surface area contributed by atoms with Crippen LogP contribution in [0.2, 0.25) is 0 Å². The van der Waals surface area contributed by atoms with Crippen molar-refractivity contribution in [1.82, 2.24) is 4.31 Å². The van der Waals surface area contributed by atoms with E-state index in [0.29, 0.717) is 6.61 Å². The van der Waals surface area contributed by atoms with Gasteiger partial charge in [-0.15, -0.1) is 0 Å². The smallest absolute Gasteiger partial charge is 0.377 e. The summed E-state index contributed by atoms with van der Waals surface area (Å²) in [6.45, 7) is 1.94. The summed E-state index contributed by atoms with van der Waals surface area (Å²) in [5.74, 6) is -1.55. The van der Waals surface area contributed by atoms with Gasteiger partial charge < -0.3 is 19.5 Å². The summed E-state index contributed by atoms with van der Waals surface area (Å²) in [5.41, 5.74) is 0.261. The number of hydrogen-bond acceptors (Lipinski definition) is 7. The molecular formula is C16H20N2O7S. The fraction of sp³-hybridized carbons (Fsp3) is 0.375. The standard InChI is InChI=1S/C16H20N2O7S/c1-11(25-16(20)14-10-23-7-8-24-14)15(19)17-12-5-4-6-13(9-12)26(21,22)18(2)3/h4-6,9-11H,7-8H2,1-3H3,(H,17,19)/t11-/m1/s1. The molecule has 1 aliphatic heterocycles. The quantitative estimate of drug-likeness (QED) is 0.719. The van der Waals surface area contributed by atoms with Gasteiger partial charge in [0.25, 0.3) is 5.91 Å². The van der Waals surface area contributed by atoms with Gasteiger partial charge >= 0.3 is 5.97 Å². The number of rotatable bonds is 6. The number of sulfonamides is 1. The second kappa shape index (κ2) is 8.19. The highest BCUT2D eigenvalue weighted by Gasteiger charge is 2.24. The summed E-state index contributed by atoms with van der Waals surface area (Å²) in [4.78, 5) is 24.1. The minimum atomic E-state index is -3.63. The second-order valence-corrected chi connectivity index (χ2v) is 7.71.